The Bertz CT molecular complexity index is 578. The van der Waals surface area contributed by atoms with E-state index in [0.717, 1.165) is 51.7 Å². The molecule has 3 saturated heterocycles. The molecule has 1 aromatic heterocycles. The minimum absolute atomic E-state index is 0.193. The maximum atomic E-state index is 12.7. The van der Waals surface area contributed by atoms with Crippen molar-refractivity contribution in [1.29, 1.82) is 0 Å². The Balaban J connectivity index is 1.37. The smallest absolute Gasteiger partial charge is 0.320 e. The van der Waals surface area contributed by atoms with Crippen LogP contribution in [-0.2, 0) is 4.74 Å². The van der Waals surface area contributed by atoms with Crippen molar-refractivity contribution in [3.63, 3.8) is 0 Å². The monoisotopic (exact) mass is 331 g/mol. The molecule has 7 nitrogen and oxygen atoms in total. The van der Waals surface area contributed by atoms with Gasteiger partial charge < -0.3 is 19.9 Å². The Morgan fingerprint density at radius 3 is 2.71 bits per heavy atom. The molecule has 1 spiro atoms. The highest BCUT2D eigenvalue weighted by Gasteiger charge is 2.45. The van der Waals surface area contributed by atoms with E-state index in [9.17, 15) is 4.79 Å². The molecular formula is C17H25N5O2. The molecule has 3 aliphatic heterocycles. The van der Waals surface area contributed by atoms with E-state index < -0.39 is 0 Å². The summed E-state index contributed by atoms with van der Waals surface area (Å²) < 4.78 is 6.18. The molecule has 0 radical (unpaired) electrons. The number of ether oxygens (including phenoxy) is 1. The fourth-order valence-corrected chi connectivity index (χ4v) is 4.15. The topological polar surface area (TPSA) is 70.6 Å². The number of urea groups is 1. The Kier molecular flexibility index (Phi) is 4.26. The number of hydrogen-bond donors (Lipinski definition) is 1. The molecule has 2 atom stereocenters. The molecule has 1 N–H and O–H groups in total. The third-order valence-electron chi connectivity index (χ3n) is 5.29. The van der Waals surface area contributed by atoms with Gasteiger partial charge in [-0.05, 0) is 31.7 Å². The van der Waals surface area contributed by atoms with Crippen LogP contribution in [0.25, 0.3) is 0 Å². The van der Waals surface area contributed by atoms with Gasteiger partial charge in [0.1, 0.15) is 0 Å². The quantitative estimate of drug-likeness (QED) is 0.894. The molecule has 1 aromatic rings. The minimum atomic E-state index is -0.208. The average Bonchev–Trinajstić information content (AvgIpc) is 3.26. The molecule has 3 aliphatic rings. The standard InChI is InChI=1S/C17H25N5O2/c23-16(21-8-1-2-9-21)22-10-3-5-17(13-22)11-14(12-24-17)20-15-18-6-4-7-19-15/h4,6-7,14H,1-3,5,8-13H2,(H,18,19,20)/t14-,17-/m0/s1. The molecule has 4 heterocycles. The highest BCUT2D eigenvalue weighted by Crippen LogP contribution is 2.36. The molecule has 0 bridgehead atoms. The van der Waals surface area contributed by atoms with Crippen LogP contribution >= 0.6 is 0 Å². The Morgan fingerprint density at radius 2 is 1.92 bits per heavy atom. The van der Waals surface area contributed by atoms with Crippen molar-refractivity contribution >= 4 is 12.0 Å². The van der Waals surface area contributed by atoms with Gasteiger partial charge in [0.15, 0.2) is 0 Å². The van der Waals surface area contributed by atoms with Crippen LogP contribution in [0, 0.1) is 0 Å². The lowest BCUT2D eigenvalue weighted by molar-refractivity contribution is -0.0435. The number of hydrogen-bond acceptors (Lipinski definition) is 5. The van der Waals surface area contributed by atoms with E-state index in [4.69, 9.17) is 4.74 Å². The van der Waals surface area contributed by atoms with Crippen LogP contribution in [0.3, 0.4) is 0 Å². The fraction of sp³-hybridized carbons (Fsp3) is 0.706. The largest absolute Gasteiger partial charge is 0.371 e. The summed E-state index contributed by atoms with van der Waals surface area (Å²) in [6.07, 6.45) is 8.65. The number of carbonyl (C=O) groups is 1. The van der Waals surface area contributed by atoms with Crippen molar-refractivity contribution in [2.24, 2.45) is 0 Å². The SMILES string of the molecule is O=C(N1CCCC1)N1CCC[C@]2(C[C@H](Nc3ncccn3)CO2)C1. The first-order chi connectivity index (χ1) is 11.7. The third kappa shape index (κ3) is 3.17. The molecule has 4 rings (SSSR count). The number of carbonyl (C=O) groups excluding carboxylic acids is 1. The van der Waals surface area contributed by atoms with E-state index >= 15 is 0 Å². The summed E-state index contributed by atoms with van der Waals surface area (Å²) in [5.74, 6) is 0.643. The van der Waals surface area contributed by atoms with E-state index in [2.05, 4.69) is 15.3 Å². The van der Waals surface area contributed by atoms with E-state index in [-0.39, 0.29) is 17.7 Å². The van der Waals surface area contributed by atoms with Gasteiger partial charge in [0.25, 0.3) is 0 Å². The predicted octanol–water partition coefficient (Wildman–Crippen LogP) is 1.73. The van der Waals surface area contributed by atoms with Gasteiger partial charge in [0.05, 0.1) is 24.8 Å². The summed E-state index contributed by atoms with van der Waals surface area (Å²) in [4.78, 5) is 25.1. The van der Waals surface area contributed by atoms with Crippen molar-refractivity contribution in [3.8, 4) is 0 Å². The van der Waals surface area contributed by atoms with Gasteiger partial charge in [-0.1, -0.05) is 0 Å². The molecule has 130 valence electrons. The van der Waals surface area contributed by atoms with Crippen LogP contribution in [0.4, 0.5) is 10.7 Å². The molecule has 0 aromatic carbocycles. The summed E-state index contributed by atoms with van der Waals surface area (Å²) >= 11 is 0. The molecule has 0 aliphatic carbocycles. The number of anilines is 1. The number of nitrogens with one attached hydrogen (secondary N) is 1. The van der Waals surface area contributed by atoms with Gasteiger partial charge in [-0.25, -0.2) is 14.8 Å². The predicted molar refractivity (Wildman–Crippen MR) is 89.8 cm³/mol. The maximum Gasteiger partial charge on any atom is 0.320 e. The second-order valence-corrected chi connectivity index (χ2v) is 7.11. The molecule has 0 saturated carbocycles. The van der Waals surface area contributed by atoms with Crippen LogP contribution < -0.4 is 5.32 Å². The third-order valence-corrected chi connectivity index (χ3v) is 5.29. The summed E-state index contributed by atoms with van der Waals surface area (Å²) in [5, 5.41) is 3.35. The highest BCUT2D eigenvalue weighted by atomic mass is 16.5. The summed E-state index contributed by atoms with van der Waals surface area (Å²) in [6.45, 7) is 4.00. The van der Waals surface area contributed by atoms with Gasteiger partial charge in [-0.15, -0.1) is 0 Å². The Labute approximate surface area is 142 Å². The van der Waals surface area contributed by atoms with Crippen LogP contribution in [0.1, 0.15) is 32.1 Å². The van der Waals surface area contributed by atoms with Gasteiger partial charge in [-0.2, -0.15) is 0 Å². The number of amides is 2. The van der Waals surface area contributed by atoms with Crippen molar-refractivity contribution < 1.29 is 9.53 Å². The molecule has 2 amide bonds. The highest BCUT2D eigenvalue weighted by molar-refractivity contribution is 5.75. The first-order valence-corrected chi connectivity index (χ1v) is 8.96. The molecule has 0 unspecified atom stereocenters. The lowest BCUT2D eigenvalue weighted by Gasteiger charge is -2.41. The van der Waals surface area contributed by atoms with E-state index in [1.54, 1.807) is 18.5 Å². The number of rotatable bonds is 2. The Morgan fingerprint density at radius 1 is 1.17 bits per heavy atom. The van der Waals surface area contributed by atoms with E-state index in [1.165, 1.54) is 0 Å². The first kappa shape index (κ1) is 15.6. The maximum absolute atomic E-state index is 12.7. The van der Waals surface area contributed by atoms with Crippen LogP contribution in [0.5, 0.6) is 0 Å². The van der Waals surface area contributed by atoms with E-state index in [1.807, 2.05) is 9.80 Å². The summed E-state index contributed by atoms with van der Waals surface area (Å²) in [5.41, 5.74) is -0.208. The summed E-state index contributed by atoms with van der Waals surface area (Å²) in [7, 11) is 0. The van der Waals surface area contributed by atoms with Crippen molar-refractivity contribution in [1.82, 2.24) is 19.8 Å². The molecule has 24 heavy (non-hydrogen) atoms. The lowest BCUT2D eigenvalue weighted by atomic mass is 9.89. The zero-order valence-corrected chi connectivity index (χ0v) is 14.0. The van der Waals surface area contributed by atoms with Crippen molar-refractivity contribution in [3.05, 3.63) is 18.5 Å². The Hall–Kier alpha value is -1.89. The second kappa shape index (κ2) is 6.55. The number of aromatic nitrogens is 2. The van der Waals surface area contributed by atoms with Gasteiger partial charge in [0.2, 0.25) is 5.95 Å². The van der Waals surface area contributed by atoms with Crippen LogP contribution in [0.15, 0.2) is 18.5 Å². The average molecular weight is 331 g/mol. The van der Waals surface area contributed by atoms with Gasteiger partial charge >= 0.3 is 6.03 Å². The van der Waals surface area contributed by atoms with Gasteiger partial charge in [-0.3, -0.25) is 0 Å². The van der Waals surface area contributed by atoms with Gasteiger partial charge in [0, 0.05) is 38.4 Å². The molecular weight excluding hydrogens is 306 g/mol. The number of piperidine rings is 1. The van der Waals surface area contributed by atoms with Crippen LogP contribution in [0.2, 0.25) is 0 Å². The normalized spacial score (nSPS) is 30.1. The summed E-state index contributed by atoms with van der Waals surface area (Å²) in [6, 6.07) is 2.20. The molecule has 3 fully saturated rings. The van der Waals surface area contributed by atoms with Crippen LogP contribution in [-0.4, -0.2) is 70.2 Å². The first-order valence-electron chi connectivity index (χ1n) is 8.96. The zero-order valence-electron chi connectivity index (χ0n) is 14.0. The lowest BCUT2D eigenvalue weighted by Crippen LogP contribution is -2.53. The number of nitrogens with zero attached hydrogens (tertiary/aromatic N) is 4. The zero-order chi connectivity index (χ0) is 16.4. The fourth-order valence-electron chi connectivity index (χ4n) is 4.15. The second-order valence-electron chi connectivity index (χ2n) is 7.11. The minimum Gasteiger partial charge on any atom is -0.371 e. The molecule has 7 heteroatoms. The number of likely N-dealkylation sites (tertiary alicyclic amines) is 2. The van der Waals surface area contributed by atoms with E-state index in [0.29, 0.717) is 19.1 Å². The van der Waals surface area contributed by atoms with Crippen molar-refractivity contribution in [2.45, 2.75) is 43.7 Å². The van der Waals surface area contributed by atoms with Crippen molar-refractivity contribution in [2.75, 3.05) is 38.1 Å².